The second-order valence-corrected chi connectivity index (χ2v) is 10.5. The molecule has 1 unspecified atom stereocenters. The van der Waals surface area contributed by atoms with Gasteiger partial charge in [0.15, 0.2) is 0 Å². The van der Waals surface area contributed by atoms with Gasteiger partial charge < -0.3 is 4.74 Å². The van der Waals surface area contributed by atoms with Crippen LogP contribution in [0.5, 0.6) is 5.75 Å². The fourth-order valence-electron chi connectivity index (χ4n) is 5.75. The number of pyridine rings is 1. The lowest BCUT2D eigenvalue weighted by molar-refractivity contribution is 0.159. The summed E-state index contributed by atoms with van der Waals surface area (Å²) in [5.74, 6) is 0.994. The Bertz CT molecular complexity index is 1140. The summed E-state index contributed by atoms with van der Waals surface area (Å²) in [5.41, 5.74) is 10.4. The fraction of sp³-hybridized carbons (Fsp3) is 0.485. The van der Waals surface area contributed by atoms with E-state index in [1.165, 1.54) is 52.6 Å². The van der Waals surface area contributed by atoms with Gasteiger partial charge in [0, 0.05) is 42.0 Å². The van der Waals surface area contributed by atoms with Crippen molar-refractivity contribution in [3.8, 4) is 17.0 Å². The predicted octanol–water partition coefficient (Wildman–Crippen LogP) is 8.26. The van der Waals surface area contributed by atoms with Crippen molar-refractivity contribution in [1.82, 2.24) is 9.88 Å². The lowest BCUT2D eigenvalue weighted by Gasteiger charge is -2.38. The van der Waals surface area contributed by atoms with Crippen molar-refractivity contribution in [2.45, 2.75) is 98.8 Å². The Balaban J connectivity index is 1.75. The third-order valence-electron chi connectivity index (χ3n) is 7.62. The van der Waals surface area contributed by atoms with Gasteiger partial charge in [-0.15, -0.1) is 0 Å². The number of ether oxygens (including phenoxy) is 1. The molecule has 0 spiro atoms. The van der Waals surface area contributed by atoms with Gasteiger partial charge in [0.1, 0.15) is 5.75 Å². The molecule has 1 aliphatic heterocycles. The zero-order chi connectivity index (χ0) is 25.7. The number of aromatic nitrogens is 1. The van der Waals surface area contributed by atoms with Crippen LogP contribution in [-0.4, -0.2) is 22.5 Å². The van der Waals surface area contributed by atoms with E-state index in [4.69, 9.17) is 9.72 Å². The zero-order valence-electron chi connectivity index (χ0n) is 23.2. The minimum absolute atomic E-state index is 0.114. The van der Waals surface area contributed by atoms with Gasteiger partial charge in [-0.2, -0.15) is 0 Å². The van der Waals surface area contributed by atoms with Crippen LogP contribution in [0.1, 0.15) is 93.4 Å². The second kappa shape index (κ2) is 12.1. The van der Waals surface area contributed by atoms with Crippen molar-refractivity contribution < 1.29 is 4.74 Å². The Morgan fingerprint density at radius 3 is 2.39 bits per heavy atom. The number of benzene rings is 2. The van der Waals surface area contributed by atoms with E-state index in [0.29, 0.717) is 6.04 Å². The lowest BCUT2D eigenvalue weighted by Crippen LogP contribution is -2.35. The first-order valence-electron chi connectivity index (χ1n) is 14.1. The number of hydrogen-bond acceptors (Lipinski definition) is 3. The quantitative estimate of drug-likeness (QED) is 0.290. The van der Waals surface area contributed by atoms with Gasteiger partial charge in [0.05, 0.1) is 11.8 Å². The monoisotopic (exact) mass is 484 g/mol. The topological polar surface area (TPSA) is 25.4 Å². The SMILES string of the molecule is CCCCC1c2ccccc2CCN1Cc1c(OC(C)C)cc(-c2c(CC)cccc2CC)nc1C. The smallest absolute Gasteiger partial charge is 0.128 e. The molecule has 3 nitrogen and oxygen atoms in total. The molecule has 2 heterocycles. The summed E-state index contributed by atoms with van der Waals surface area (Å²) in [4.78, 5) is 7.89. The van der Waals surface area contributed by atoms with Crippen molar-refractivity contribution in [2.24, 2.45) is 0 Å². The van der Waals surface area contributed by atoms with Crippen LogP contribution in [0.25, 0.3) is 11.3 Å². The molecule has 1 aromatic heterocycles. The molecule has 1 aliphatic rings. The maximum Gasteiger partial charge on any atom is 0.128 e. The summed E-state index contributed by atoms with van der Waals surface area (Å²) < 4.78 is 6.50. The van der Waals surface area contributed by atoms with Gasteiger partial charge in [-0.1, -0.05) is 76.1 Å². The van der Waals surface area contributed by atoms with Gasteiger partial charge in [0.2, 0.25) is 0 Å². The number of aryl methyl sites for hydroxylation is 3. The fourth-order valence-corrected chi connectivity index (χ4v) is 5.75. The Morgan fingerprint density at radius 1 is 1.00 bits per heavy atom. The maximum absolute atomic E-state index is 6.50. The van der Waals surface area contributed by atoms with Gasteiger partial charge >= 0.3 is 0 Å². The first kappa shape index (κ1) is 26.4. The normalized spacial score (nSPS) is 15.8. The average Bonchev–Trinajstić information content (AvgIpc) is 2.88. The molecule has 192 valence electrons. The molecule has 0 amide bonds. The van der Waals surface area contributed by atoms with E-state index in [0.717, 1.165) is 49.5 Å². The van der Waals surface area contributed by atoms with Crippen LogP contribution in [-0.2, 0) is 25.8 Å². The third kappa shape index (κ3) is 5.67. The largest absolute Gasteiger partial charge is 0.491 e. The molecule has 0 saturated carbocycles. The maximum atomic E-state index is 6.50. The molecular formula is C33H44N2O. The van der Waals surface area contributed by atoms with E-state index in [1.54, 1.807) is 0 Å². The number of unbranched alkanes of at least 4 members (excludes halogenated alkanes) is 1. The van der Waals surface area contributed by atoms with Crippen LogP contribution >= 0.6 is 0 Å². The van der Waals surface area contributed by atoms with E-state index >= 15 is 0 Å². The Hall–Kier alpha value is -2.65. The van der Waals surface area contributed by atoms with Crippen molar-refractivity contribution in [1.29, 1.82) is 0 Å². The zero-order valence-corrected chi connectivity index (χ0v) is 23.2. The number of fused-ring (bicyclic) bond motifs is 1. The highest BCUT2D eigenvalue weighted by molar-refractivity contribution is 5.70. The van der Waals surface area contributed by atoms with Crippen LogP contribution in [0.2, 0.25) is 0 Å². The van der Waals surface area contributed by atoms with Crippen LogP contribution in [0.3, 0.4) is 0 Å². The van der Waals surface area contributed by atoms with Crippen molar-refractivity contribution in [3.05, 3.63) is 82.0 Å². The highest BCUT2D eigenvalue weighted by Gasteiger charge is 2.28. The number of nitrogens with zero attached hydrogens (tertiary/aromatic N) is 2. The molecule has 0 saturated heterocycles. The van der Waals surface area contributed by atoms with Crippen LogP contribution in [0.15, 0.2) is 48.5 Å². The van der Waals surface area contributed by atoms with Gasteiger partial charge in [-0.05, 0) is 68.7 Å². The van der Waals surface area contributed by atoms with E-state index < -0.39 is 0 Å². The molecule has 0 N–H and O–H groups in total. The van der Waals surface area contributed by atoms with Crippen LogP contribution in [0.4, 0.5) is 0 Å². The summed E-state index contributed by atoms with van der Waals surface area (Å²) in [7, 11) is 0. The van der Waals surface area contributed by atoms with E-state index in [-0.39, 0.29) is 6.10 Å². The summed E-state index contributed by atoms with van der Waals surface area (Å²) in [6, 6.07) is 18.4. The minimum Gasteiger partial charge on any atom is -0.491 e. The summed E-state index contributed by atoms with van der Waals surface area (Å²) in [6.07, 6.45) is 6.88. The van der Waals surface area contributed by atoms with E-state index in [2.05, 4.69) is 95.0 Å². The summed E-state index contributed by atoms with van der Waals surface area (Å²) in [6.45, 7) is 15.1. The van der Waals surface area contributed by atoms with Gasteiger partial charge in [0.25, 0.3) is 0 Å². The molecule has 3 aromatic rings. The molecule has 36 heavy (non-hydrogen) atoms. The molecule has 0 aliphatic carbocycles. The number of rotatable bonds is 10. The first-order chi connectivity index (χ1) is 17.5. The molecule has 3 heteroatoms. The van der Waals surface area contributed by atoms with E-state index in [9.17, 15) is 0 Å². The molecule has 0 fully saturated rings. The van der Waals surface area contributed by atoms with Gasteiger partial charge in [-0.3, -0.25) is 9.88 Å². The third-order valence-corrected chi connectivity index (χ3v) is 7.62. The molecule has 0 radical (unpaired) electrons. The predicted molar refractivity (Wildman–Crippen MR) is 152 cm³/mol. The summed E-state index contributed by atoms with van der Waals surface area (Å²) >= 11 is 0. The van der Waals surface area contributed by atoms with Crippen LogP contribution < -0.4 is 4.74 Å². The average molecular weight is 485 g/mol. The summed E-state index contributed by atoms with van der Waals surface area (Å²) in [5, 5.41) is 0. The minimum atomic E-state index is 0.114. The Kier molecular flexibility index (Phi) is 8.85. The number of hydrogen-bond donors (Lipinski definition) is 0. The highest BCUT2D eigenvalue weighted by Crippen LogP contribution is 2.38. The standard InChI is InChI=1S/C33H44N2O/c1-7-10-18-31-28-17-12-11-14-27(28)19-20-35(31)22-29-24(6)34-30(21-32(29)36-23(4)5)33-25(8-2)15-13-16-26(33)9-3/h11-17,21,23,31H,7-10,18-20,22H2,1-6H3. The lowest BCUT2D eigenvalue weighted by atomic mass is 9.89. The second-order valence-electron chi connectivity index (χ2n) is 10.5. The molecular weight excluding hydrogens is 440 g/mol. The van der Waals surface area contributed by atoms with Crippen LogP contribution in [0, 0.1) is 6.92 Å². The van der Waals surface area contributed by atoms with Crippen molar-refractivity contribution in [2.75, 3.05) is 6.54 Å². The van der Waals surface area contributed by atoms with Gasteiger partial charge in [-0.25, -0.2) is 0 Å². The van der Waals surface area contributed by atoms with Crippen molar-refractivity contribution in [3.63, 3.8) is 0 Å². The molecule has 4 rings (SSSR count). The Labute approximate surface area is 218 Å². The molecule has 0 bridgehead atoms. The molecule has 2 aromatic carbocycles. The first-order valence-corrected chi connectivity index (χ1v) is 14.1. The van der Waals surface area contributed by atoms with Crippen molar-refractivity contribution >= 4 is 0 Å². The van der Waals surface area contributed by atoms with E-state index in [1.807, 2.05) is 0 Å². The molecule has 1 atom stereocenters. The highest BCUT2D eigenvalue weighted by atomic mass is 16.5. The Morgan fingerprint density at radius 2 is 1.72 bits per heavy atom.